The van der Waals surface area contributed by atoms with Crippen LogP contribution in [-0.2, 0) is 16.9 Å². The first-order valence-electron chi connectivity index (χ1n) is 10.2. The Kier molecular flexibility index (Phi) is 5.08. The van der Waals surface area contributed by atoms with E-state index in [1.807, 2.05) is 54.4 Å². The monoisotopic (exact) mass is 401 g/mol. The lowest BCUT2D eigenvalue weighted by Gasteiger charge is -2.25. The highest BCUT2D eigenvalue weighted by molar-refractivity contribution is 6.07. The molecule has 5 nitrogen and oxygen atoms in total. The largest absolute Gasteiger partial charge is 0.326 e. The van der Waals surface area contributed by atoms with Crippen LogP contribution in [-0.4, -0.2) is 35.5 Å². The van der Waals surface area contributed by atoms with Crippen LogP contribution in [0.25, 0.3) is 10.8 Å². The molecule has 1 aliphatic heterocycles. The Bertz CT molecular complexity index is 1140. The van der Waals surface area contributed by atoms with E-state index in [2.05, 4.69) is 37.4 Å². The molecule has 30 heavy (non-hydrogen) atoms. The molecule has 1 fully saturated rings. The van der Waals surface area contributed by atoms with Crippen LogP contribution in [0.5, 0.6) is 0 Å². The highest BCUT2D eigenvalue weighted by Crippen LogP contribution is 2.31. The summed E-state index contributed by atoms with van der Waals surface area (Å²) in [5.74, 6) is -0.227. The van der Waals surface area contributed by atoms with E-state index in [4.69, 9.17) is 0 Å². The molecule has 0 saturated carbocycles. The minimum Gasteiger partial charge on any atom is -0.319 e. The average Bonchev–Trinajstić information content (AvgIpc) is 2.94. The lowest BCUT2D eigenvalue weighted by atomic mass is 9.90. The number of urea groups is 1. The second-order valence-corrected chi connectivity index (χ2v) is 8.44. The number of imide groups is 1. The highest BCUT2D eigenvalue weighted by Gasteiger charge is 2.49. The third-order valence-electron chi connectivity index (χ3n) is 5.92. The van der Waals surface area contributed by atoms with Gasteiger partial charge in [0.05, 0.1) is 6.67 Å². The molecule has 3 aromatic rings. The van der Waals surface area contributed by atoms with E-state index in [-0.39, 0.29) is 18.6 Å². The zero-order chi connectivity index (χ0) is 21.5. The molecular formula is C25H27N3O2. The third-order valence-corrected chi connectivity index (χ3v) is 5.92. The minimum atomic E-state index is -1.07. The number of hydrogen-bond donors (Lipinski definition) is 1. The van der Waals surface area contributed by atoms with Gasteiger partial charge in [0.15, 0.2) is 0 Å². The zero-order valence-electron chi connectivity index (χ0n) is 17.9. The summed E-state index contributed by atoms with van der Waals surface area (Å²) in [6, 6.07) is 19.9. The van der Waals surface area contributed by atoms with Gasteiger partial charge in [-0.15, -0.1) is 0 Å². The fraction of sp³-hybridized carbons (Fsp3) is 0.280. The Labute approximate surface area is 177 Å². The Morgan fingerprint density at radius 2 is 1.70 bits per heavy atom. The fourth-order valence-corrected chi connectivity index (χ4v) is 4.13. The summed E-state index contributed by atoms with van der Waals surface area (Å²) in [6.45, 7) is 6.83. The molecule has 5 heteroatoms. The van der Waals surface area contributed by atoms with Gasteiger partial charge in [0, 0.05) is 6.54 Å². The summed E-state index contributed by atoms with van der Waals surface area (Å²) in [5, 5.41) is 5.06. The van der Waals surface area contributed by atoms with Gasteiger partial charge in [0.2, 0.25) is 0 Å². The zero-order valence-corrected chi connectivity index (χ0v) is 17.9. The van der Waals surface area contributed by atoms with Crippen LogP contribution >= 0.6 is 0 Å². The predicted octanol–water partition coefficient (Wildman–Crippen LogP) is 4.31. The van der Waals surface area contributed by atoms with Gasteiger partial charge in [0.1, 0.15) is 5.54 Å². The standard InChI is InChI=1S/C25H27N3O2/c1-17-9-10-21(18(2)13-17)15-27(4)16-28-23(29)25(3,26-24(28)30)22-12-11-19-7-5-6-8-20(19)14-22/h5-14H,15-16H2,1-4H3,(H,26,30)/t25-/m1/s1. The van der Waals surface area contributed by atoms with Crippen molar-refractivity contribution in [1.82, 2.24) is 15.1 Å². The van der Waals surface area contributed by atoms with E-state index in [1.165, 1.54) is 21.6 Å². The number of hydrogen-bond acceptors (Lipinski definition) is 3. The number of aryl methyl sites for hydroxylation is 2. The van der Waals surface area contributed by atoms with Crippen LogP contribution in [0.1, 0.15) is 29.2 Å². The molecule has 1 atom stereocenters. The van der Waals surface area contributed by atoms with Gasteiger partial charge in [-0.05, 0) is 61.3 Å². The number of nitrogens with zero attached hydrogens (tertiary/aromatic N) is 2. The maximum atomic E-state index is 13.3. The van der Waals surface area contributed by atoms with Gasteiger partial charge in [-0.1, -0.05) is 60.2 Å². The van der Waals surface area contributed by atoms with E-state index >= 15 is 0 Å². The van der Waals surface area contributed by atoms with E-state index in [0.29, 0.717) is 6.54 Å². The summed E-state index contributed by atoms with van der Waals surface area (Å²) >= 11 is 0. The molecule has 1 aliphatic rings. The quantitative estimate of drug-likeness (QED) is 0.648. The SMILES string of the molecule is Cc1ccc(CN(C)CN2C(=O)N[C@](C)(c3ccc4ccccc4c3)C2=O)c(C)c1. The molecule has 154 valence electrons. The second-order valence-electron chi connectivity index (χ2n) is 8.44. The lowest BCUT2D eigenvalue weighted by Crippen LogP contribution is -2.42. The van der Waals surface area contributed by atoms with Crippen LogP contribution in [0, 0.1) is 13.8 Å². The molecule has 0 bridgehead atoms. The summed E-state index contributed by atoms with van der Waals surface area (Å²) in [5.41, 5.74) is 3.34. The molecule has 1 saturated heterocycles. The Morgan fingerprint density at radius 1 is 0.967 bits per heavy atom. The van der Waals surface area contributed by atoms with Crippen molar-refractivity contribution >= 4 is 22.7 Å². The fourth-order valence-electron chi connectivity index (χ4n) is 4.13. The maximum Gasteiger partial charge on any atom is 0.326 e. The molecule has 0 aliphatic carbocycles. The Morgan fingerprint density at radius 3 is 2.43 bits per heavy atom. The smallest absolute Gasteiger partial charge is 0.319 e. The van der Waals surface area contributed by atoms with Gasteiger partial charge in [-0.3, -0.25) is 9.69 Å². The predicted molar refractivity (Wildman–Crippen MR) is 119 cm³/mol. The number of nitrogens with one attached hydrogen (secondary N) is 1. The molecular weight excluding hydrogens is 374 g/mol. The number of carbonyl (C=O) groups excluding carboxylic acids is 2. The van der Waals surface area contributed by atoms with E-state index in [0.717, 1.165) is 16.3 Å². The van der Waals surface area contributed by atoms with Crippen LogP contribution in [0.2, 0.25) is 0 Å². The third kappa shape index (κ3) is 3.57. The van der Waals surface area contributed by atoms with Crippen molar-refractivity contribution in [2.75, 3.05) is 13.7 Å². The number of amides is 3. The van der Waals surface area contributed by atoms with E-state index in [9.17, 15) is 9.59 Å². The molecule has 1 N–H and O–H groups in total. The molecule has 0 radical (unpaired) electrons. The van der Waals surface area contributed by atoms with Crippen LogP contribution in [0.3, 0.4) is 0 Å². The van der Waals surface area contributed by atoms with Crippen molar-refractivity contribution in [3.05, 3.63) is 82.9 Å². The second kappa shape index (κ2) is 7.58. The average molecular weight is 402 g/mol. The molecule has 0 spiro atoms. The Balaban J connectivity index is 1.54. The van der Waals surface area contributed by atoms with Crippen LogP contribution < -0.4 is 5.32 Å². The molecule has 1 heterocycles. The van der Waals surface area contributed by atoms with Gasteiger partial charge >= 0.3 is 6.03 Å². The topological polar surface area (TPSA) is 52.6 Å². The van der Waals surface area contributed by atoms with Gasteiger partial charge < -0.3 is 5.32 Å². The van der Waals surface area contributed by atoms with Gasteiger partial charge in [0.25, 0.3) is 5.91 Å². The van der Waals surface area contributed by atoms with Crippen molar-refractivity contribution in [1.29, 1.82) is 0 Å². The molecule has 0 aromatic heterocycles. The van der Waals surface area contributed by atoms with Gasteiger partial charge in [-0.2, -0.15) is 0 Å². The normalized spacial score (nSPS) is 19.0. The van der Waals surface area contributed by atoms with Crippen molar-refractivity contribution in [3.63, 3.8) is 0 Å². The number of carbonyl (C=O) groups is 2. The Hall–Kier alpha value is -3.18. The van der Waals surface area contributed by atoms with E-state index in [1.54, 1.807) is 6.92 Å². The first kappa shape index (κ1) is 20.1. The molecule has 4 rings (SSSR count). The van der Waals surface area contributed by atoms with E-state index < -0.39 is 5.54 Å². The van der Waals surface area contributed by atoms with Crippen LogP contribution in [0.15, 0.2) is 60.7 Å². The summed E-state index contributed by atoms with van der Waals surface area (Å²) in [4.78, 5) is 29.3. The number of fused-ring (bicyclic) bond motifs is 1. The van der Waals surface area contributed by atoms with Gasteiger partial charge in [-0.25, -0.2) is 9.69 Å². The van der Waals surface area contributed by atoms with Crippen LogP contribution in [0.4, 0.5) is 4.79 Å². The van der Waals surface area contributed by atoms with Crippen molar-refractivity contribution in [2.45, 2.75) is 32.9 Å². The highest BCUT2D eigenvalue weighted by atomic mass is 16.2. The number of benzene rings is 3. The summed E-state index contributed by atoms with van der Waals surface area (Å²) < 4.78 is 0. The van der Waals surface area contributed by atoms with Crippen molar-refractivity contribution in [3.8, 4) is 0 Å². The van der Waals surface area contributed by atoms with Crippen molar-refractivity contribution < 1.29 is 9.59 Å². The summed E-state index contributed by atoms with van der Waals surface area (Å²) in [7, 11) is 1.92. The molecule has 3 amide bonds. The lowest BCUT2D eigenvalue weighted by molar-refractivity contribution is -0.132. The maximum absolute atomic E-state index is 13.3. The summed E-state index contributed by atoms with van der Waals surface area (Å²) in [6.07, 6.45) is 0. The molecule has 3 aromatic carbocycles. The first-order chi connectivity index (χ1) is 14.3. The molecule has 0 unspecified atom stereocenters. The van der Waals surface area contributed by atoms with Crippen molar-refractivity contribution in [2.24, 2.45) is 0 Å². The minimum absolute atomic E-state index is 0.227. The first-order valence-corrected chi connectivity index (χ1v) is 10.2. The number of rotatable bonds is 5.